The van der Waals surface area contributed by atoms with Gasteiger partial charge in [0.2, 0.25) is 0 Å². The van der Waals surface area contributed by atoms with E-state index in [1.165, 1.54) is 18.2 Å². The quantitative estimate of drug-likeness (QED) is 0.842. The molecule has 0 aliphatic carbocycles. The van der Waals surface area contributed by atoms with E-state index in [2.05, 4.69) is 0 Å². The van der Waals surface area contributed by atoms with Crippen molar-refractivity contribution in [2.75, 3.05) is 0 Å². The predicted octanol–water partition coefficient (Wildman–Crippen LogP) is 2.82. The summed E-state index contributed by atoms with van der Waals surface area (Å²) >= 11 is 0. The van der Waals surface area contributed by atoms with E-state index in [0.29, 0.717) is 23.2 Å². The van der Waals surface area contributed by atoms with E-state index in [0.717, 1.165) is 5.56 Å². The van der Waals surface area contributed by atoms with Gasteiger partial charge in [0, 0.05) is 17.7 Å². The first-order chi connectivity index (χ1) is 8.61. The van der Waals surface area contributed by atoms with Crippen LogP contribution in [0.3, 0.4) is 0 Å². The molecular weight excluding hydrogens is 229 g/mol. The van der Waals surface area contributed by atoms with Gasteiger partial charge < -0.3 is 5.73 Å². The van der Waals surface area contributed by atoms with Gasteiger partial charge in [0.05, 0.1) is 0 Å². The molecule has 0 unspecified atom stereocenters. The van der Waals surface area contributed by atoms with Crippen LogP contribution in [0.4, 0.5) is 4.39 Å². The van der Waals surface area contributed by atoms with Crippen molar-refractivity contribution in [3.63, 3.8) is 0 Å². The Morgan fingerprint density at radius 2 is 1.83 bits per heavy atom. The van der Waals surface area contributed by atoms with Crippen LogP contribution in [0.1, 0.15) is 27.0 Å². The van der Waals surface area contributed by atoms with Crippen molar-refractivity contribution in [2.45, 2.75) is 13.5 Å². The molecule has 0 aliphatic heterocycles. The van der Waals surface area contributed by atoms with Crippen molar-refractivity contribution < 1.29 is 9.18 Å². The number of ketones is 1. The minimum absolute atomic E-state index is 0.101. The van der Waals surface area contributed by atoms with E-state index < -0.39 is 0 Å². The highest BCUT2D eigenvalue weighted by Gasteiger charge is 2.11. The Kier molecular flexibility index (Phi) is 3.53. The minimum Gasteiger partial charge on any atom is -0.326 e. The Morgan fingerprint density at radius 1 is 1.17 bits per heavy atom. The van der Waals surface area contributed by atoms with E-state index in [9.17, 15) is 9.18 Å². The fraction of sp³-hybridized carbons (Fsp3) is 0.133. The molecule has 0 amide bonds. The van der Waals surface area contributed by atoms with E-state index in [-0.39, 0.29) is 11.6 Å². The van der Waals surface area contributed by atoms with Crippen LogP contribution in [0.5, 0.6) is 0 Å². The van der Waals surface area contributed by atoms with Crippen LogP contribution in [0.25, 0.3) is 0 Å². The first kappa shape index (κ1) is 12.5. The largest absolute Gasteiger partial charge is 0.326 e. The van der Waals surface area contributed by atoms with Crippen LogP contribution in [0.2, 0.25) is 0 Å². The summed E-state index contributed by atoms with van der Waals surface area (Å²) in [6.07, 6.45) is 0. The van der Waals surface area contributed by atoms with Crippen molar-refractivity contribution in [3.8, 4) is 0 Å². The van der Waals surface area contributed by atoms with Gasteiger partial charge in [-0.1, -0.05) is 24.3 Å². The van der Waals surface area contributed by atoms with Gasteiger partial charge in [0.1, 0.15) is 5.82 Å². The van der Waals surface area contributed by atoms with Crippen molar-refractivity contribution in [3.05, 3.63) is 70.5 Å². The van der Waals surface area contributed by atoms with E-state index in [1.54, 1.807) is 19.1 Å². The van der Waals surface area contributed by atoms with Crippen molar-refractivity contribution in [1.82, 2.24) is 0 Å². The lowest BCUT2D eigenvalue weighted by Gasteiger charge is -2.06. The highest BCUT2D eigenvalue weighted by molar-refractivity contribution is 6.09. The number of rotatable bonds is 3. The van der Waals surface area contributed by atoms with Crippen LogP contribution in [-0.2, 0) is 6.54 Å². The molecule has 0 aliphatic rings. The summed E-state index contributed by atoms with van der Waals surface area (Å²) in [5.74, 6) is -0.432. The SMILES string of the molecule is Cc1cc(F)ccc1C(=O)c1ccc(CN)cc1. The van der Waals surface area contributed by atoms with E-state index in [1.807, 2.05) is 12.1 Å². The lowest BCUT2D eigenvalue weighted by Crippen LogP contribution is -2.05. The zero-order valence-electron chi connectivity index (χ0n) is 10.1. The first-order valence-corrected chi connectivity index (χ1v) is 5.71. The number of aryl methyl sites for hydroxylation is 1. The van der Waals surface area contributed by atoms with Crippen LogP contribution < -0.4 is 5.73 Å². The first-order valence-electron chi connectivity index (χ1n) is 5.71. The molecule has 2 aromatic carbocycles. The second kappa shape index (κ2) is 5.10. The van der Waals surface area contributed by atoms with E-state index >= 15 is 0 Å². The molecule has 0 saturated heterocycles. The molecule has 2 aromatic rings. The van der Waals surface area contributed by atoms with E-state index in [4.69, 9.17) is 5.73 Å². The molecule has 0 atom stereocenters. The van der Waals surface area contributed by atoms with Crippen LogP contribution >= 0.6 is 0 Å². The maximum atomic E-state index is 13.0. The number of nitrogens with two attached hydrogens (primary N) is 1. The summed E-state index contributed by atoms with van der Waals surface area (Å²) in [6, 6.07) is 11.3. The predicted molar refractivity (Wildman–Crippen MR) is 68.9 cm³/mol. The molecule has 2 N–H and O–H groups in total. The van der Waals surface area contributed by atoms with Gasteiger partial charge in [-0.05, 0) is 36.2 Å². The Labute approximate surface area is 105 Å². The lowest BCUT2D eigenvalue weighted by atomic mass is 9.98. The van der Waals surface area contributed by atoms with Crippen molar-refractivity contribution >= 4 is 5.78 Å². The third-order valence-corrected chi connectivity index (χ3v) is 2.88. The second-order valence-electron chi connectivity index (χ2n) is 4.19. The summed E-state index contributed by atoms with van der Waals surface area (Å²) < 4.78 is 13.0. The third kappa shape index (κ3) is 2.46. The average Bonchev–Trinajstić information content (AvgIpc) is 2.38. The molecule has 2 rings (SSSR count). The molecule has 3 heteroatoms. The van der Waals surface area contributed by atoms with Crippen LogP contribution in [0, 0.1) is 12.7 Å². The Bertz CT molecular complexity index is 576. The maximum absolute atomic E-state index is 13.0. The highest BCUT2D eigenvalue weighted by Crippen LogP contribution is 2.16. The molecule has 0 fully saturated rings. The van der Waals surface area contributed by atoms with Crippen molar-refractivity contribution in [1.29, 1.82) is 0 Å². The highest BCUT2D eigenvalue weighted by atomic mass is 19.1. The topological polar surface area (TPSA) is 43.1 Å². The monoisotopic (exact) mass is 243 g/mol. The van der Waals surface area contributed by atoms with Gasteiger partial charge >= 0.3 is 0 Å². The van der Waals surface area contributed by atoms with Gasteiger partial charge in [0.15, 0.2) is 5.78 Å². The average molecular weight is 243 g/mol. The van der Waals surface area contributed by atoms with Gasteiger partial charge in [0.25, 0.3) is 0 Å². The number of benzene rings is 2. The fourth-order valence-electron chi connectivity index (χ4n) is 1.83. The Balaban J connectivity index is 2.35. The van der Waals surface area contributed by atoms with Crippen LogP contribution in [0.15, 0.2) is 42.5 Å². The van der Waals surface area contributed by atoms with Gasteiger partial charge in [-0.25, -0.2) is 4.39 Å². The molecule has 0 aromatic heterocycles. The molecule has 92 valence electrons. The Hall–Kier alpha value is -2.00. The molecule has 0 bridgehead atoms. The molecule has 18 heavy (non-hydrogen) atoms. The van der Waals surface area contributed by atoms with Crippen LogP contribution in [-0.4, -0.2) is 5.78 Å². The zero-order chi connectivity index (χ0) is 13.1. The number of halogens is 1. The lowest BCUT2D eigenvalue weighted by molar-refractivity contribution is 0.103. The zero-order valence-corrected chi connectivity index (χ0v) is 10.1. The smallest absolute Gasteiger partial charge is 0.193 e. The molecule has 0 spiro atoms. The minimum atomic E-state index is -0.331. The normalized spacial score (nSPS) is 10.4. The Morgan fingerprint density at radius 3 is 2.39 bits per heavy atom. The number of hydrogen-bond acceptors (Lipinski definition) is 2. The summed E-state index contributed by atoms with van der Waals surface area (Å²) in [4.78, 5) is 12.2. The molecule has 0 heterocycles. The molecule has 0 saturated carbocycles. The van der Waals surface area contributed by atoms with Crippen molar-refractivity contribution in [2.24, 2.45) is 5.73 Å². The standard InChI is InChI=1S/C15H14FNO/c1-10-8-13(16)6-7-14(10)15(18)12-4-2-11(9-17)3-5-12/h2-8H,9,17H2,1H3. The summed E-state index contributed by atoms with van der Waals surface area (Å²) in [7, 11) is 0. The number of carbonyl (C=O) groups is 1. The molecule has 2 nitrogen and oxygen atoms in total. The molecule has 0 radical (unpaired) electrons. The maximum Gasteiger partial charge on any atom is 0.193 e. The molecular formula is C15H14FNO. The fourth-order valence-corrected chi connectivity index (χ4v) is 1.83. The number of carbonyl (C=O) groups excluding carboxylic acids is 1. The number of hydrogen-bond donors (Lipinski definition) is 1. The van der Waals surface area contributed by atoms with Gasteiger partial charge in [-0.3, -0.25) is 4.79 Å². The van der Waals surface area contributed by atoms with Gasteiger partial charge in [-0.15, -0.1) is 0 Å². The second-order valence-corrected chi connectivity index (χ2v) is 4.19. The summed E-state index contributed by atoms with van der Waals surface area (Å²) in [5, 5.41) is 0. The summed E-state index contributed by atoms with van der Waals surface area (Å²) in [6.45, 7) is 2.18. The van der Waals surface area contributed by atoms with Gasteiger partial charge in [-0.2, -0.15) is 0 Å². The summed E-state index contributed by atoms with van der Waals surface area (Å²) in [5.41, 5.74) is 8.23. The third-order valence-electron chi connectivity index (χ3n) is 2.88.